The summed E-state index contributed by atoms with van der Waals surface area (Å²) in [5.74, 6) is -0.700. The minimum atomic E-state index is -5.12. The highest BCUT2D eigenvalue weighted by molar-refractivity contribution is 7.80. The second kappa shape index (κ2) is 38.1. The highest BCUT2D eigenvalue weighted by atomic mass is 32.3. The van der Waals surface area contributed by atoms with Gasteiger partial charge in [-0.05, 0) is 19.3 Å². The van der Waals surface area contributed by atoms with Crippen LogP contribution in [-0.4, -0.2) is 107 Å². The number of rotatable bonds is 42. The average molecular weight is 894 g/mol. The molecule has 8 atom stereocenters. The molecule has 1 amide bonds. The Morgan fingerprint density at radius 3 is 1.48 bits per heavy atom. The number of allylic oxidation sites excluding steroid dienone is 1. The molecule has 0 aliphatic carbocycles. The standard InChI is InChI=1S/C47H91NO12S/c1-3-5-7-9-11-13-15-17-18-19-20-21-22-24-25-27-29-31-33-35-40(50)39(38-58-47-44(53)45(60-61(55,56)57)43(52)42(37-49)59-47)48-46(54)41(51)36-34-32-30-28-26-23-16-14-12-10-8-6-4-2/h33,35,39-45,47,49-53H,3-32,34,36-38H2,1-2H3,(H,48,54)(H,55,56,57)/b35-33+. The van der Waals surface area contributed by atoms with Crippen LogP contribution >= 0.6 is 0 Å². The van der Waals surface area contributed by atoms with Crippen molar-refractivity contribution in [1.82, 2.24) is 5.32 Å². The number of ether oxygens (including phenoxy) is 2. The van der Waals surface area contributed by atoms with Gasteiger partial charge in [-0.25, -0.2) is 4.18 Å². The molecule has 0 aromatic rings. The van der Waals surface area contributed by atoms with Crippen molar-refractivity contribution in [1.29, 1.82) is 0 Å². The SMILES string of the molecule is CCCCCCCCCCCCCCCCCCC/C=C/C(O)C(COC1OC(CO)C(O)C(OS(=O)(=O)O)C1O)NC(=O)C(O)CCCCCCCCCCCCCCC. The van der Waals surface area contributed by atoms with Crippen LogP contribution in [0.1, 0.15) is 219 Å². The predicted octanol–water partition coefficient (Wildman–Crippen LogP) is 8.92. The van der Waals surface area contributed by atoms with Gasteiger partial charge in [0, 0.05) is 0 Å². The van der Waals surface area contributed by atoms with Crippen LogP contribution in [0, 0.1) is 0 Å². The highest BCUT2D eigenvalue weighted by Crippen LogP contribution is 2.26. The van der Waals surface area contributed by atoms with Gasteiger partial charge in [0.25, 0.3) is 0 Å². The third-order valence-corrected chi connectivity index (χ3v) is 12.4. The van der Waals surface area contributed by atoms with Crippen molar-refractivity contribution < 1.29 is 57.0 Å². The molecule has 1 saturated heterocycles. The predicted molar refractivity (Wildman–Crippen MR) is 242 cm³/mol. The van der Waals surface area contributed by atoms with Gasteiger partial charge < -0.3 is 40.3 Å². The third kappa shape index (κ3) is 30.6. The molecule has 1 rings (SSSR count). The summed E-state index contributed by atoms with van der Waals surface area (Å²) in [6, 6.07) is -1.11. The highest BCUT2D eigenvalue weighted by Gasteiger charge is 2.48. The molecule has 0 radical (unpaired) electrons. The maximum Gasteiger partial charge on any atom is 0.397 e. The van der Waals surface area contributed by atoms with Gasteiger partial charge in [0.15, 0.2) is 6.29 Å². The van der Waals surface area contributed by atoms with Crippen LogP contribution in [-0.2, 0) is 28.9 Å². The second-order valence-corrected chi connectivity index (χ2v) is 18.6. The number of carbonyl (C=O) groups is 1. The van der Waals surface area contributed by atoms with Crippen molar-refractivity contribution in [3.8, 4) is 0 Å². The number of nitrogens with one attached hydrogen (secondary N) is 1. The van der Waals surface area contributed by atoms with E-state index in [1.807, 2.05) is 6.08 Å². The Morgan fingerprint density at radius 1 is 0.656 bits per heavy atom. The van der Waals surface area contributed by atoms with Crippen LogP contribution in [0.2, 0.25) is 0 Å². The van der Waals surface area contributed by atoms with E-state index in [1.54, 1.807) is 6.08 Å². The van der Waals surface area contributed by atoms with E-state index in [2.05, 4.69) is 23.3 Å². The summed E-state index contributed by atoms with van der Waals surface area (Å²) in [5, 5.41) is 55.3. The molecule has 61 heavy (non-hydrogen) atoms. The first-order valence-corrected chi connectivity index (χ1v) is 26.0. The molecule has 7 N–H and O–H groups in total. The fraction of sp³-hybridized carbons (Fsp3) is 0.936. The van der Waals surface area contributed by atoms with Crippen LogP contribution in [0.3, 0.4) is 0 Å². The molecule has 1 aliphatic rings. The summed E-state index contributed by atoms with van der Waals surface area (Å²) in [6.07, 6.45) is 30.0. The Balaban J connectivity index is 2.54. The molecular weight excluding hydrogens is 803 g/mol. The topological polar surface area (TPSA) is 212 Å². The van der Waals surface area contributed by atoms with E-state index in [0.717, 1.165) is 38.5 Å². The van der Waals surface area contributed by atoms with Gasteiger partial charge in [-0.3, -0.25) is 9.35 Å². The number of aliphatic hydroxyl groups is 5. The van der Waals surface area contributed by atoms with Crippen LogP contribution in [0.25, 0.3) is 0 Å². The Bertz CT molecular complexity index is 1160. The van der Waals surface area contributed by atoms with Crippen molar-refractivity contribution in [2.24, 2.45) is 0 Å². The normalized spacial score (nSPS) is 21.2. The van der Waals surface area contributed by atoms with Gasteiger partial charge in [0.1, 0.15) is 30.5 Å². The van der Waals surface area contributed by atoms with E-state index in [-0.39, 0.29) is 6.42 Å². The van der Waals surface area contributed by atoms with Crippen LogP contribution in [0.15, 0.2) is 12.2 Å². The van der Waals surface area contributed by atoms with Gasteiger partial charge in [0.05, 0.1) is 25.4 Å². The smallest absolute Gasteiger partial charge is 0.394 e. The van der Waals surface area contributed by atoms with E-state index < -0.39 is 78.5 Å². The minimum Gasteiger partial charge on any atom is -0.394 e. The molecule has 1 heterocycles. The number of aliphatic hydroxyl groups excluding tert-OH is 5. The third-order valence-electron chi connectivity index (χ3n) is 11.9. The van der Waals surface area contributed by atoms with Gasteiger partial charge in [0.2, 0.25) is 5.91 Å². The molecule has 0 bridgehead atoms. The van der Waals surface area contributed by atoms with E-state index >= 15 is 0 Å². The zero-order chi connectivity index (χ0) is 45.0. The average Bonchev–Trinajstić information content (AvgIpc) is 3.23. The summed E-state index contributed by atoms with van der Waals surface area (Å²) in [7, 11) is -5.12. The Kier molecular flexibility index (Phi) is 36.1. The van der Waals surface area contributed by atoms with Crippen molar-refractivity contribution in [2.75, 3.05) is 13.2 Å². The number of hydrogen-bond acceptors (Lipinski definition) is 11. The monoisotopic (exact) mass is 894 g/mol. The van der Waals surface area contributed by atoms with E-state index in [4.69, 9.17) is 9.47 Å². The molecule has 0 saturated carbocycles. The van der Waals surface area contributed by atoms with E-state index in [1.165, 1.54) is 148 Å². The fourth-order valence-electron chi connectivity index (χ4n) is 7.99. The van der Waals surface area contributed by atoms with Crippen molar-refractivity contribution in [3.63, 3.8) is 0 Å². The van der Waals surface area contributed by atoms with Gasteiger partial charge in [-0.1, -0.05) is 212 Å². The number of amides is 1. The summed E-state index contributed by atoms with van der Waals surface area (Å²) in [4.78, 5) is 13.1. The molecule has 14 heteroatoms. The molecule has 0 aromatic heterocycles. The minimum absolute atomic E-state index is 0.248. The lowest BCUT2D eigenvalue weighted by molar-refractivity contribution is -0.298. The quantitative estimate of drug-likeness (QED) is 0.0174. The zero-order valence-corrected chi connectivity index (χ0v) is 39.2. The number of unbranched alkanes of at least 4 members (excludes halogenated alkanes) is 29. The molecule has 0 aromatic carbocycles. The summed E-state index contributed by atoms with van der Waals surface area (Å²) >= 11 is 0. The van der Waals surface area contributed by atoms with Crippen LogP contribution < -0.4 is 5.32 Å². The molecule has 1 aliphatic heterocycles. The number of carbonyl (C=O) groups excluding carboxylic acids is 1. The van der Waals surface area contributed by atoms with E-state index in [0.29, 0.717) is 12.8 Å². The first-order chi connectivity index (χ1) is 29.4. The summed E-state index contributed by atoms with van der Waals surface area (Å²) in [5.41, 5.74) is 0. The van der Waals surface area contributed by atoms with Crippen molar-refractivity contribution in [2.45, 2.75) is 268 Å². The van der Waals surface area contributed by atoms with Gasteiger partial charge in [-0.15, -0.1) is 0 Å². The Morgan fingerprint density at radius 2 is 1.07 bits per heavy atom. The first kappa shape index (κ1) is 57.8. The van der Waals surface area contributed by atoms with Crippen LogP contribution in [0.4, 0.5) is 0 Å². The molecule has 362 valence electrons. The lowest BCUT2D eigenvalue weighted by atomic mass is 9.99. The Hall–Kier alpha value is -1.20. The van der Waals surface area contributed by atoms with Crippen molar-refractivity contribution >= 4 is 16.3 Å². The maximum atomic E-state index is 13.1. The summed E-state index contributed by atoms with van der Waals surface area (Å²) in [6.45, 7) is 3.23. The molecular formula is C47H91NO12S. The van der Waals surface area contributed by atoms with Crippen molar-refractivity contribution in [3.05, 3.63) is 12.2 Å². The lowest BCUT2D eigenvalue weighted by Gasteiger charge is -2.41. The van der Waals surface area contributed by atoms with Crippen LogP contribution in [0.5, 0.6) is 0 Å². The molecule has 1 fully saturated rings. The summed E-state index contributed by atoms with van der Waals surface area (Å²) < 4.78 is 47.6. The number of hydrogen-bond donors (Lipinski definition) is 7. The lowest BCUT2D eigenvalue weighted by Crippen LogP contribution is -2.61. The maximum absolute atomic E-state index is 13.1. The Labute approximate surface area is 371 Å². The van der Waals surface area contributed by atoms with Gasteiger partial charge in [-0.2, -0.15) is 8.42 Å². The zero-order valence-electron chi connectivity index (χ0n) is 38.4. The second-order valence-electron chi connectivity index (χ2n) is 17.6. The fourth-order valence-corrected chi connectivity index (χ4v) is 8.50. The molecule has 0 spiro atoms. The van der Waals surface area contributed by atoms with Gasteiger partial charge >= 0.3 is 10.4 Å². The van der Waals surface area contributed by atoms with E-state index in [9.17, 15) is 43.3 Å². The largest absolute Gasteiger partial charge is 0.397 e. The molecule has 8 unspecified atom stereocenters. The molecule has 13 nitrogen and oxygen atoms in total. The first-order valence-electron chi connectivity index (χ1n) is 24.7.